The summed E-state index contributed by atoms with van der Waals surface area (Å²) in [6.45, 7) is 17.5. The summed E-state index contributed by atoms with van der Waals surface area (Å²) in [4.78, 5) is 2.51. The summed E-state index contributed by atoms with van der Waals surface area (Å²) in [5.41, 5.74) is 4.78. The summed E-state index contributed by atoms with van der Waals surface area (Å²) < 4.78 is 6.90. The Morgan fingerprint density at radius 1 is 0.963 bits per heavy atom. The van der Waals surface area contributed by atoms with Crippen molar-refractivity contribution >= 4 is 17.8 Å². The zero-order valence-corrected chi connectivity index (χ0v) is 20.0. The van der Waals surface area contributed by atoms with E-state index in [-0.39, 0.29) is 10.9 Å². The molecule has 0 saturated carbocycles. The topological polar surface area (TPSA) is 12.5 Å². The Bertz CT molecular complexity index is 654. The lowest BCUT2D eigenvalue weighted by molar-refractivity contribution is 0.0619. The van der Waals surface area contributed by atoms with E-state index in [4.69, 9.17) is 4.43 Å². The first-order chi connectivity index (χ1) is 12.7. The average molecular weight is 398 g/mol. The third-order valence-corrected chi connectivity index (χ3v) is 11.7. The molecule has 0 aromatic heterocycles. The van der Waals surface area contributed by atoms with Gasteiger partial charge >= 0.3 is 0 Å². The Balaban J connectivity index is 2.30. The van der Waals surface area contributed by atoms with Crippen LogP contribution in [0.15, 0.2) is 72.9 Å². The van der Waals surface area contributed by atoms with Crippen LogP contribution in [-0.4, -0.2) is 28.6 Å². The SMILES string of the molecule is C=C[SiH2]C(O[Si](C)(C)C(C)(C)C)N(Cc1ccccc1)Cc1ccccc1. The van der Waals surface area contributed by atoms with Crippen LogP contribution in [0.2, 0.25) is 18.1 Å². The molecule has 0 N–H and O–H groups in total. The van der Waals surface area contributed by atoms with E-state index < -0.39 is 17.8 Å². The summed E-state index contributed by atoms with van der Waals surface area (Å²) >= 11 is 0. The van der Waals surface area contributed by atoms with Crippen molar-refractivity contribution in [2.75, 3.05) is 0 Å². The van der Waals surface area contributed by atoms with Gasteiger partial charge in [0.25, 0.3) is 0 Å². The van der Waals surface area contributed by atoms with E-state index in [1.165, 1.54) is 11.1 Å². The van der Waals surface area contributed by atoms with E-state index >= 15 is 0 Å². The van der Waals surface area contributed by atoms with Crippen molar-refractivity contribution in [3.05, 3.63) is 84.1 Å². The van der Waals surface area contributed by atoms with Crippen LogP contribution in [-0.2, 0) is 17.5 Å². The van der Waals surface area contributed by atoms with Gasteiger partial charge in [0.1, 0.15) is 0 Å². The van der Waals surface area contributed by atoms with Gasteiger partial charge in [-0.25, -0.2) is 0 Å². The fourth-order valence-corrected chi connectivity index (χ4v) is 6.49. The molecule has 0 aliphatic rings. The fourth-order valence-electron chi connectivity index (χ4n) is 2.83. The van der Waals surface area contributed by atoms with Crippen LogP contribution in [0.4, 0.5) is 0 Å². The molecule has 0 spiro atoms. The monoisotopic (exact) mass is 397 g/mol. The molecule has 4 heteroatoms. The van der Waals surface area contributed by atoms with Gasteiger partial charge in [-0.2, -0.15) is 0 Å². The minimum Gasteiger partial charge on any atom is -0.405 e. The molecule has 2 aromatic rings. The van der Waals surface area contributed by atoms with Crippen LogP contribution < -0.4 is 0 Å². The maximum Gasteiger partial charge on any atom is 0.193 e. The molecular formula is C23H35NOSi2. The summed E-state index contributed by atoms with van der Waals surface area (Å²) in [5, 5.41) is 0.200. The Morgan fingerprint density at radius 2 is 1.41 bits per heavy atom. The molecular weight excluding hydrogens is 362 g/mol. The maximum atomic E-state index is 6.90. The lowest BCUT2D eigenvalue weighted by Gasteiger charge is -2.42. The summed E-state index contributed by atoms with van der Waals surface area (Å²) in [7, 11) is -2.44. The van der Waals surface area contributed by atoms with Crippen molar-refractivity contribution < 1.29 is 4.43 Å². The highest BCUT2D eigenvalue weighted by atomic mass is 28.4. The summed E-state index contributed by atoms with van der Waals surface area (Å²) in [6, 6.07) is 21.4. The first-order valence-corrected chi connectivity index (χ1v) is 14.4. The second-order valence-corrected chi connectivity index (χ2v) is 15.2. The molecule has 27 heavy (non-hydrogen) atoms. The molecule has 1 unspecified atom stereocenters. The van der Waals surface area contributed by atoms with Gasteiger partial charge in [0, 0.05) is 13.1 Å². The molecule has 0 saturated heterocycles. The molecule has 0 heterocycles. The number of hydrogen-bond acceptors (Lipinski definition) is 2. The van der Waals surface area contributed by atoms with Gasteiger partial charge < -0.3 is 4.43 Å². The van der Waals surface area contributed by atoms with Crippen LogP contribution in [0.5, 0.6) is 0 Å². The molecule has 0 aliphatic heterocycles. The van der Waals surface area contributed by atoms with E-state index in [0.29, 0.717) is 0 Å². The highest BCUT2D eigenvalue weighted by Gasteiger charge is 2.40. The Morgan fingerprint density at radius 3 is 1.78 bits per heavy atom. The lowest BCUT2D eigenvalue weighted by Crippen LogP contribution is -2.51. The second kappa shape index (κ2) is 9.65. The first-order valence-electron chi connectivity index (χ1n) is 9.83. The average Bonchev–Trinajstić information content (AvgIpc) is 2.61. The van der Waals surface area contributed by atoms with Crippen LogP contribution >= 0.6 is 0 Å². The molecule has 1 atom stereocenters. The van der Waals surface area contributed by atoms with Crippen LogP contribution in [0, 0.1) is 0 Å². The van der Waals surface area contributed by atoms with Crippen LogP contribution in [0.1, 0.15) is 31.9 Å². The smallest absolute Gasteiger partial charge is 0.193 e. The molecule has 2 aromatic carbocycles. The van der Waals surface area contributed by atoms with Gasteiger partial charge in [-0.05, 0) is 29.3 Å². The van der Waals surface area contributed by atoms with Crippen molar-refractivity contribution in [3.8, 4) is 0 Å². The number of rotatable bonds is 9. The predicted molar refractivity (Wildman–Crippen MR) is 123 cm³/mol. The second-order valence-electron chi connectivity index (χ2n) is 8.73. The van der Waals surface area contributed by atoms with Gasteiger partial charge in [-0.3, -0.25) is 4.90 Å². The quantitative estimate of drug-likeness (QED) is 0.420. The lowest BCUT2D eigenvalue weighted by atomic mass is 10.2. The number of hydrogen-bond donors (Lipinski definition) is 0. The van der Waals surface area contributed by atoms with E-state index in [1.54, 1.807) is 0 Å². The Kier molecular flexibility index (Phi) is 7.80. The van der Waals surface area contributed by atoms with Gasteiger partial charge in [0.2, 0.25) is 0 Å². The van der Waals surface area contributed by atoms with Crippen molar-refractivity contribution in [3.63, 3.8) is 0 Å². The van der Waals surface area contributed by atoms with Crippen molar-refractivity contribution in [1.82, 2.24) is 4.90 Å². The van der Waals surface area contributed by atoms with E-state index in [9.17, 15) is 0 Å². The van der Waals surface area contributed by atoms with Gasteiger partial charge in [-0.15, -0.1) is 12.3 Å². The van der Waals surface area contributed by atoms with E-state index in [2.05, 4.69) is 112 Å². The molecule has 0 bridgehead atoms. The summed E-state index contributed by atoms with van der Waals surface area (Å²) in [5.74, 6) is 0.170. The third kappa shape index (κ3) is 6.57. The van der Waals surface area contributed by atoms with E-state index in [1.807, 2.05) is 0 Å². The molecule has 0 amide bonds. The minimum atomic E-state index is -1.86. The third-order valence-electron chi connectivity index (χ3n) is 5.47. The zero-order valence-electron chi connectivity index (χ0n) is 17.6. The van der Waals surface area contributed by atoms with Gasteiger partial charge in [-0.1, -0.05) is 81.4 Å². The molecule has 146 valence electrons. The standard InChI is InChI=1S/C23H35NOSi2/c1-7-26-22(25-27(5,6)23(2,3)4)24(18-20-14-10-8-11-15-20)19-21-16-12-9-13-17-21/h7-17,22H,1,18-19,26H2,2-6H3. The van der Waals surface area contributed by atoms with Crippen molar-refractivity contribution in [2.24, 2.45) is 0 Å². The Hall–Kier alpha value is -1.47. The Labute approximate surface area is 169 Å². The molecule has 0 radical (unpaired) electrons. The summed E-state index contributed by atoms with van der Waals surface area (Å²) in [6.07, 6.45) is 0. The predicted octanol–water partition coefficient (Wildman–Crippen LogP) is 5.31. The maximum absolute atomic E-state index is 6.90. The highest BCUT2D eigenvalue weighted by Crippen LogP contribution is 2.37. The molecule has 0 fully saturated rings. The fraction of sp³-hybridized carbons (Fsp3) is 0.391. The molecule has 2 rings (SSSR count). The molecule has 2 nitrogen and oxygen atoms in total. The van der Waals surface area contributed by atoms with Crippen LogP contribution in [0.3, 0.4) is 0 Å². The zero-order chi connectivity index (χ0) is 19.9. The van der Waals surface area contributed by atoms with Crippen LogP contribution in [0.25, 0.3) is 0 Å². The van der Waals surface area contributed by atoms with Gasteiger partial charge in [0.05, 0.1) is 15.4 Å². The highest BCUT2D eigenvalue weighted by molar-refractivity contribution is 6.74. The van der Waals surface area contributed by atoms with Gasteiger partial charge in [0.15, 0.2) is 8.32 Å². The van der Waals surface area contributed by atoms with Crippen molar-refractivity contribution in [2.45, 2.75) is 57.8 Å². The minimum absolute atomic E-state index is 0.170. The number of nitrogens with zero attached hydrogens (tertiary/aromatic N) is 1. The van der Waals surface area contributed by atoms with Crippen molar-refractivity contribution in [1.29, 1.82) is 0 Å². The number of benzene rings is 2. The largest absolute Gasteiger partial charge is 0.405 e. The molecule has 0 aliphatic carbocycles. The van der Waals surface area contributed by atoms with E-state index in [0.717, 1.165) is 13.1 Å². The first kappa shape index (κ1) is 21.8. The normalized spacial score (nSPS) is 14.0.